The molecule has 0 bridgehead atoms. The molecule has 0 unspecified atom stereocenters. The lowest BCUT2D eigenvalue weighted by Gasteiger charge is -2.35. The van der Waals surface area contributed by atoms with Gasteiger partial charge >= 0.3 is 0 Å². The molecule has 0 radical (unpaired) electrons. The first-order valence-corrected chi connectivity index (χ1v) is 26.5. The van der Waals surface area contributed by atoms with E-state index >= 15 is 0 Å². The highest BCUT2D eigenvalue weighted by atomic mass is 79.9. The maximum absolute atomic E-state index is 14.1. The van der Waals surface area contributed by atoms with Gasteiger partial charge in [0.05, 0.1) is 46.8 Å². The highest BCUT2D eigenvalue weighted by Crippen LogP contribution is 2.47. The number of halogens is 1. The first-order valence-electron chi connectivity index (χ1n) is 24.0. The molecule has 2 aromatic heterocycles. The van der Waals surface area contributed by atoms with Gasteiger partial charge in [0.2, 0.25) is 17.7 Å². The normalized spacial score (nSPS) is 17.5. The fourth-order valence-electron chi connectivity index (χ4n) is 8.90. The molecule has 0 saturated carbocycles. The van der Waals surface area contributed by atoms with Gasteiger partial charge < -0.3 is 39.6 Å². The second kappa shape index (κ2) is 23.4. The minimum absolute atomic E-state index is 0.00119. The van der Waals surface area contributed by atoms with Gasteiger partial charge in [0, 0.05) is 66.8 Å². The van der Waals surface area contributed by atoms with Crippen LogP contribution >= 0.6 is 38.6 Å². The minimum atomic E-state index is -0.940. The zero-order valence-corrected chi connectivity index (χ0v) is 44.3. The molecule has 8 rings (SSSR count). The SMILES string of the molecule is COc1ccc2c(Oc3ccc(OCCN4CCN(CCOCC(=O)N[C@H](C(=O)N5C[C@H](O)C[C@H]5C(=O)N[C@@H](C)c5ccc(-c6scnc6C)cc5)C(C)(C)C)CC4)cc3)c(-c3ccc(Br)cc3)sc2c1. The molecule has 3 amide bonds. The van der Waals surface area contributed by atoms with Crippen molar-refractivity contribution in [2.45, 2.75) is 65.3 Å². The van der Waals surface area contributed by atoms with Crippen molar-refractivity contribution in [3.05, 3.63) is 112 Å². The summed E-state index contributed by atoms with van der Waals surface area (Å²) in [5.41, 5.74) is 5.15. The molecule has 14 nitrogen and oxygen atoms in total. The van der Waals surface area contributed by atoms with Gasteiger partial charge in [-0.3, -0.25) is 24.2 Å². The third kappa shape index (κ3) is 13.2. The maximum Gasteiger partial charge on any atom is 0.246 e. The quantitative estimate of drug-likeness (QED) is 0.0667. The average Bonchev–Trinajstić information content (AvgIpc) is 4.08. The Balaban J connectivity index is 0.743. The van der Waals surface area contributed by atoms with Crippen molar-refractivity contribution in [2.24, 2.45) is 5.41 Å². The number of thiazole rings is 1. The van der Waals surface area contributed by atoms with Gasteiger partial charge in [0.15, 0.2) is 5.75 Å². The number of carbonyl (C=O) groups excluding carboxylic acids is 3. The number of nitrogens with one attached hydrogen (secondary N) is 2. The molecule has 2 aliphatic heterocycles. The van der Waals surface area contributed by atoms with Crippen LogP contribution in [0, 0.1) is 12.3 Å². The number of nitrogens with zero attached hydrogens (tertiary/aromatic N) is 4. The van der Waals surface area contributed by atoms with E-state index in [0.717, 1.165) is 102 Å². The van der Waals surface area contributed by atoms with Crippen molar-refractivity contribution in [2.75, 3.05) is 72.7 Å². The monoisotopic (exact) mass is 1070 g/mol. The molecular formula is C54H63BrN6O8S2. The summed E-state index contributed by atoms with van der Waals surface area (Å²) in [6.07, 6.45) is -0.757. The van der Waals surface area contributed by atoms with Crippen LogP contribution in [0.25, 0.3) is 31.0 Å². The van der Waals surface area contributed by atoms with Gasteiger partial charge in [0.25, 0.3) is 0 Å². The van der Waals surface area contributed by atoms with Gasteiger partial charge in [-0.1, -0.05) is 73.1 Å². The van der Waals surface area contributed by atoms with Crippen molar-refractivity contribution in [3.63, 3.8) is 0 Å². The van der Waals surface area contributed by atoms with Gasteiger partial charge in [-0.2, -0.15) is 0 Å². The Labute approximate surface area is 432 Å². The number of hydrogen-bond acceptors (Lipinski definition) is 13. The van der Waals surface area contributed by atoms with Crippen LogP contribution in [0.1, 0.15) is 51.4 Å². The number of amides is 3. The predicted octanol–water partition coefficient (Wildman–Crippen LogP) is 8.95. The van der Waals surface area contributed by atoms with Crippen LogP contribution < -0.4 is 24.8 Å². The van der Waals surface area contributed by atoms with E-state index in [1.54, 1.807) is 29.8 Å². The van der Waals surface area contributed by atoms with Crippen LogP contribution in [-0.4, -0.2) is 133 Å². The zero-order valence-electron chi connectivity index (χ0n) is 41.1. The summed E-state index contributed by atoms with van der Waals surface area (Å²) >= 11 is 6.80. The van der Waals surface area contributed by atoms with Gasteiger partial charge in [-0.05, 0) is 90.6 Å². The van der Waals surface area contributed by atoms with Crippen LogP contribution in [0.5, 0.6) is 23.0 Å². The Morgan fingerprint density at radius 3 is 2.13 bits per heavy atom. The van der Waals surface area contributed by atoms with Crippen LogP contribution in [-0.2, 0) is 19.1 Å². The smallest absolute Gasteiger partial charge is 0.246 e. The van der Waals surface area contributed by atoms with Crippen molar-refractivity contribution in [1.29, 1.82) is 0 Å². The molecule has 0 spiro atoms. The number of aliphatic hydroxyl groups excluding tert-OH is 1. The molecule has 2 saturated heterocycles. The Morgan fingerprint density at radius 1 is 0.845 bits per heavy atom. The van der Waals surface area contributed by atoms with E-state index in [4.69, 9.17) is 18.9 Å². The first-order chi connectivity index (χ1) is 34.1. The van der Waals surface area contributed by atoms with Crippen molar-refractivity contribution in [1.82, 2.24) is 30.3 Å². The number of methoxy groups -OCH3 is 1. The molecule has 2 aliphatic rings. The summed E-state index contributed by atoms with van der Waals surface area (Å²) in [4.78, 5) is 53.7. The van der Waals surface area contributed by atoms with Crippen molar-refractivity contribution >= 4 is 66.4 Å². The third-order valence-corrected chi connectivity index (χ3v) is 15.7. The van der Waals surface area contributed by atoms with Crippen LogP contribution in [0.4, 0.5) is 0 Å². The van der Waals surface area contributed by atoms with E-state index in [0.29, 0.717) is 19.8 Å². The third-order valence-electron chi connectivity index (χ3n) is 13.0. The number of likely N-dealkylation sites (tertiary alicyclic amines) is 1. The standard InChI is InChI=1S/C54H63BrN6O8S2/c1-34(36-7-9-37(10-8-36)49-35(2)56-33-70-49)57-52(64)45-29-40(62)31-61(45)53(65)51(54(3,4)5)58-47(63)32-67-27-25-59-21-23-60(24-22-59)26-28-68-41-15-17-42(18-16-41)69-48-44-20-19-43(66-6)30-46(44)71-50(48)38-11-13-39(55)14-12-38/h7-20,30,33-34,40,45,51,62H,21-29,31-32H2,1-6H3,(H,57,64)(H,58,63)/t34-,40+,45-,51+/m0/s1. The topological polar surface area (TPSA) is 155 Å². The van der Waals surface area contributed by atoms with E-state index in [1.807, 2.05) is 119 Å². The number of benzene rings is 4. The number of carbonyl (C=O) groups is 3. The largest absolute Gasteiger partial charge is 0.497 e. The first kappa shape index (κ1) is 51.9. The Hall–Kier alpha value is -5.40. The number of thiophene rings is 1. The summed E-state index contributed by atoms with van der Waals surface area (Å²) in [7, 11) is 1.67. The fraction of sp³-hybridized carbons (Fsp3) is 0.407. The Kier molecular flexibility index (Phi) is 17.1. The number of piperazine rings is 1. The van der Waals surface area contributed by atoms with Crippen LogP contribution in [0.15, 0.2) is 101 Å². The van der Waals surface area contributed by atoms with Gasteiger partial charge in [-0.15, -0.1) is 22.7 Å². The highest BCUT2D eigenvalue weighted by molar-refractivity contribution is 9.10. The minimum Gasteiger partial charge on any atom is -0.497 e. The van der Waals surface area contributed by atoms with E-state index in [2.05, 4.69) is 53.5 Å². The number of ether oxygens (including phenoxy) is 4. The lowest BCUT2D eigenvalue weighted by Crippen LogP contribution is -2.58. The molecule has 4 heterocycles. The molecule has 2 fully saturated rings. The number of aryl methyl sites for hydroxylation is 1. The van der Waals surface area contributed by atoms with Crippen molar-refractivity contribution in [3.8, 4) is 43.9 Å². The molecule has 376 valence electrons. The van der Waals surface area contributed by atoms with E-state index in [1.165, 1.54) is 4.90 Å². The summed E-state index contributed by atoms with van der Waals surface area (Å²) in [6.45, 7) is 15.1. The second-order valence-electron chi connectivity index (χ2n) is 19.2. The summed E-state index contributed by atoms with van der Waals surface area (Å²) in [5.74, 6) is 1.92. The van der Waals surface area contributed by atoms with E-state index < -0.39 is 35.4 Å². The van der Waals surface area contributed by atoms with E-state index in [9.17, 15) is 19.5 Å². The fourth-order valence-corrected chi connectivity index (χ4v) is 11.1. The average molecular weight is 1070 g/mol. The molecule has 17 heteroatoms. The van der Waals surface area contributed by atoms with Crippen LogP contribution in [0.2, 0.25) is 0 Å². The highest BCUT2D eigenvalue weighted by Gasteiger charge is 2.44. The van der Waals surface area contributed by atoms with Crippen molar-refractivity contribution < 1.29 is 38.4 Å². The van der Waals surface area contributed by atoms with Gasteiger partial charge in [0.1, 0.15) is 42.5 Å². The second-order valence-corrected chi connectivity index (χ2v) is 22.0. The number of fused-ring (bicyclic) bond motifs is 1. The zero-order chi connectivity index (χ0) is 50.2. The summed E-state index contributed by atoms with van der Waals surface area (Å²) in [6, 6.07) is 27.8. The van der Waals surface area contributed by atoms with E-state index in [-0.39, 0.29) is 31.5 Å². The van der Waals surface area contributed by atoms with Gasteiger partial charge in [-0.25, -0.2) is 4.98 Å². The Bertz CT molecular complexity index is 2750. The number of rotatable bonds is 19. The number of aliphatic hydroxyl groups is 1. The lowest BCUT2D eigenvalue weighted by atomic mass is 9.85. The maximum atomic E-state index is 14.1. The summed E-state index contributed by atoms with van der Waals surface area (Å²) < 4.78 is 26.1. The molecule has 0 aliphatic carbocycles. The molecule has 71 heavy (non-hydrogen) atoms. The number of aromatic nitrogens is 1. The predicted molar refractivity (Wildman–Crippen MR) is 284 cm³/mol. The lowest BCUT2D eigenvalue weighted by molar-refractivity contribution is -0.144. The Morgan fingerprint density at radius 2 is 1.48 bits per heavy atom. The molecular weight excluding hydrogens is 1000 g/mol. The number of β-amino-alcohol motifs (C(OH)–C–C–N with tert-alkyl or cyclic N) is 1. The summed E-state index contributed by atoms with van der Waals surface area (Å²) in [5, 5.41) is 17.6. The molecule has 4 atom stereocenters. The number of hydrogen-bond donors (Lipinski definition) is 3. The molecule has 6 aromatic rings. The van der Waals surface area contributed by atoms with Crippen LogP contribution in [0.3, 0.4) is 0 Å². The molecule has 3 N–H and O–H groups in total. The molecule has 4 aromatic carbocycles.